The van der Waals surface area contributed by atoms with E-state index >= 15 is 0 Å². The van der Waals surface area contributed by atoms with Crippen molar-refractivity contribution in [1.29, 1.82) is 0 Å². The van der Waals surface area contributed by atoms with Crippen molar-refractivity contribution in [1.82, 2.24) is 9.97 Å². The van der Waals surface area contributed by atoms with E-state index in [0.717, 1.165) is 11.3 Å². The number of methoxy groups -OCH3 is 2. The number of halogens is 1. The molecule has 1 aliphatic carbocycles. The molecular weight excluding hydrogens is 425 g/mol. The number of ether oxygens (including phenoxy) is 3. The third kappa shape index (κ3) is 4.18. The Hall–Kier alpha value is -2.82. The molecule has 1 fully saturated rings. The molecule has 0 aliphatic heterocycles. The summed E-state index contributed by atoms with van der Waals surface area (Å²) >= 11 is 1.09. The van der Waals surface area contributed by atoms with E-state index in [2.05, 4.69) is 15.3 Å². The van der Waals surface area contributed by atoms with Crippen molar-refractivity contribution in [2.45, 2.75) is 38.1 Å². The van der Waals surface area contributed by atoms with Crippen molar-refractivity contribution in [2.24, 2.45) is 0 Å². The van der Waals surface area contributed by atoms with Crippen LogP contribution in [0, 0.1) is 12.7 Å². The average Bonchev–Trinajstić information content (AvgIpc) is 3.31. The second kappa shape index (κ2) is 8.74. The summed E-state index contributed by atoms with van der Waals surface area (Å²) in [6.45, 7) is 1.72. The van der Waals surface area contributed by atoms with E-state index in [1.807, 2.05) is 0 Å². The van der Waals surface area contributed by atoms with Gasteiger partial charge in [-0.05, 0) is 24.6 Å². The number of fused-ring (bicyclic) bond motifs is 1. The molecule has 2 unspecified atom stereocenters. The van der Waals surface area contributed by atoms with E-state index in [-0.39, 0.29) is 23.2 Å². The van der Waals surface area contributed by atoms with Crippen LogP contribution in [0.2, 0.25) is 0 Å². The molecule has 164 valence electrons. The maximum atomic E-state index is 14.0. The van der Waals surface area contributed by atoms with Crippen molar-refractivity contribution < 1.29 is 28.5 Å². The molecule has 3 aromatic rings. The van der Waals surface area contributed by atoms with Gasteiger partial charge in [-0.1, -0.05) is 0 Å². The highest BCUT2D eigenvalue weighted by molar-refractivity contribution is 7.20. The Balaban J connectivity index is 1.65. The van der Waals surface area contributed by atoms with Gasteiger partial charge in [0.05, 0.1) is 23.3 Å². The van der Waals surface area contributed by atoms with Gasteiger partial charge in [0, 0.05) is 33.1 Å². The van der Waals surface area contributed by atoms with Crippen molar-refractivity contribution in [3.8, 4) is 5.75 Å². The van der Waals surface area contributed by atoms with Gasteiger partial charge in [0.2, 0.25) is 0 Å². The topological polar surface area (TPSA) is 103 Å². The summed E-state index contributed by atoms with van der Waals surface area (Å²) in [6, 6.07) is 4.20. The van der Waals surface area contributed by atoms with Crippen LogP contribution in [0.5, 0.6) is 5.75 Å². The second-order valence-electron chi connectivity index (χ2n) is 7.29. The number of thiophene rings is 1. The molecule has 2 heterocycles. The molecule has 0 spiro atoms. The number of aryl methyl sites for hydroxylation is 1. The lowest BCUT2D eigenvalue weighted by Gasteiger charge is -2.18. The third-order valence-electron chi connectivity index (χ3n) is 5.42. The number of aromatic nitrogens is 2. The lowest BCUT2D eigenvalue weighted by molar-refractivity contribution is -0.0157. The minimum Gasteiger partial charge on any atom is -0.488 e. The molecule has 0 radical (unpaired) electrons. The molecule has 10 heteroatoms. The van der Waals surface area contributed by atoms with Crippen LogP contribution in [0.1, 0.15) is 28.1 Å². The molecule has 8 nitrogen and oxygen atoms in total. The molecule has 2 aromatic heterocycles. The molecule has 2 atom stereocenters. The number of hydrogen-bond donors (Lipinski definition) is 2. The summed E-state index contributed by atoms with van der Waals surface area (Å²) in [7, 11) is 3.26. The molecular formula is C21H22FN3O5S. The monoisotopic (exact) mass is 447 g/mol. The van der Waals surface area contributed by atoms with Crippen LogP contribution >= 0.6 is 11.3 Å². The predicted octanol–water partition coefficient (Wildman–Crippen LogP) is 4.15. The first-order valence-corrected chi connectivity index (χ1v) is 10.5. The van der Waals surface area contributed by atoms with Crippen LogP contribution in [0.3, 0.4) is 0 Å². The maximum Gasteiger partial charge on any atom is 0.346 e. The zero-order chi connectivity index (χ0) is 22.1. The second-order valence-corrected chi connectivity index (χ2v) is 8.29. The minimum atomic E-state index is -1.01. The number of benzene rings is 1. The largest absolute Gasteiger partial charge is 0.488 e. The summed E-state index contributed by atoms with van der Waals surface area (Å²) in [5.74, 6) is -0.690. The Kier molecular flexibility index (Phi) is 6.03. The fourth-order valence-electron chi connectivity index (χ4n) is 3.88. The van der Waals surface area contributed by atoms with Gasteiger partial charge in [-0.15, -0.1) is 11.3 Å². The van der Waals surface area contributed by atoms with E-state index in [0.29, 0.717) is 45.9 Å². The molecule has 0 amide bonds. The van der Waals surface area contributed by atoms with Crippen LogP contribution in [-0.4, -0.2) is 53.6 Å². The number of aromatic carboxylic acids is 1. The van der Waals surface area contributed by atoms with E-state index in [9.17, 15) is 14.3 Å². The van der Waals surface area contributed by atoms with Crippen molar-refractivity contribution in [3.63, 3.8) is 0 Å². The summed E-state index contributed by atoms with van der Waals surface area (Å²) < 4.78 is 31.0. The molecule has 0 bridgehead atoms. The van der Waals surface area contributed by atoms with Gasteiger partial charge in [-0.3, -0.25) is 0 Å². The molecule has 1 aliphatic rings. The number of nitrogens with one attached hydrogen (secondary N) is 1. The first kappa shape index (κ1) is 21.4. The predicted molar refractivity (Wildman–Crippen MR) is 114 cm³/mol. The Morgan fingerprint density at radius 2 is 1.94 bits per heavy atom. The quantitative estimate of drug-likeness (QED) is 0.557. The van der Waals surface area contributed by atoms with Crippen LogP contribution in [0.25, 0.3) is 10.2 Å². The van der Waals surface area contributed by atoms with Crippen LogP contribution < -0.4 is 10.1 Å². The zero-order valence-corrected chi connectivity index (χ0v) is 18.0. The third-order valence-corrected chi connectivity index (χ3v) is 6.61. The van der Waals surface area contributed by atoms with Crippen molar-refractivity contribution in [3.05, 3.63) is 40.8 Å². The van der Waals surface area contributed by atoms with E-state index in [1.165, 1.54) is 18.5 Å². The number of hydrogen-bond acceptors (Lipinski definition) is 8. The Morgan fingerprint density at radius 1 is 1.23 bits per heavy atom. The number of anilines is 2. The molecule has 1 saturated carbocycles. The summed E-state index contributed by atoms with van der Waals surface area (Å²) in [6.07, 6.45) is 2.21. The van der Waals surface area contributed by atoms with E-state index in [1.54, 1.807) is 27.2 Å². The SMILES string of the molecule is COC1CC(Oc2cc(F)ccc2Nc2ncnc3sc(C(=O)O)c(C)c23)CC1OC. The van der Waals surface area contributed by atoms with Gasteiger partial charge in [0.1, 0.15) is 39.5 Å². The fourth-order valence-corrected chi connectivity index (χ4v) is 4.87. The summed E-state index contributed by atoms with van der Waals surface area (Å²) in [5, 5.41) is 13.2. The highest BCUT2D eigenvalue weighted by atomic mass is 32.1. The average molecular weight is 447 g/mol. The van der Waals surface area contributed by atoms with Gasteiger partial charge in [0.15, 0.2) is 0 Å². The first-order chi connectivity index (χ1) is 14.9. The minimum absolute atomic E-state index is 0.0932. The first-order valence-electron chi connectivity index (χ1n) is 9.67. The highest BCUT2D eigenvalue weighted by Crippen LogP contribution is 2.38. The fraction of sp³-hybridized carbons (Fsp3) is 0.381. The maximum absolute atomic E-state index is 14.0. The zero-order valence-electron chi connectivity index (χ0n) is 17.2. The van der Waals surface area contributed by atoms with Gasteiger partial charge in [-0.25, -0.2) is 19.2 Å². The van der Waals surface area contributed by atoms with E-state index in [4.69, 9.17) is 14.2 Å². The standard InChI is InChI=1S/C21H22FN3O5S/c1-10-17-19(23-9-24-20(17)31-18(10)21(26)27)25-13-5-4-11(22)6-14(13)30-12-7-15(28-2)16(8-12)29-3/h4-6,9,12,15-16H,7-8H2,1-3H3,(H,26,27)(H,23,24,25). The molecule has 2 N–H and O–H groups in total. The number of carboxylic acids is 1. The van der Waals surface area contributed by atoms with Crippen LogP contribution in [0.15, 0.2) is 24.5 Å². The van der Waals surface area contributed by atoms with Crippen LogP contribution in [-0.2, 0) is 9.47 Å². The molecule has 4 rings (SSSR count). The molecule has 0 saturated heterocycles. The summed E-state index contributed by atoms with van der Waals surface area (Å²) in [5.41, 5.74) is 1.08. The van der Waals surface area contributed by atoms with E-state index < -0.39 is 11.8 Å². The number of nitrogens with zero attached hydrogens (tertiary/aromatic N) is 2. The molecule has 31 heavy (non-hydrogen) atoms. The smallest absolute Gasteiger partial charge is 0.346 e. The lowest BCUT2D eigenvalue weighted by Crippen LogP contribution is -2.23. The van der Waals surface area contributed by atoms with Gasteiger partial charge < -0.3 is 24.6 Å². The Labute approximate surface area is 182 Å². The highest BCUT2D eigenvalue weighted by Gasteiger charge is 2.36. The normalized spacial score (nSPS) is 20.8. The van der Waals surface area contributed by atoms with Gasteiger partial charge >= 0.3 is 5.97 Å². The number of carbonyl (C=O) groups is 1. The van der Waals surface area contributed by atoms with Gasteiger partial charge in [-0.2, -0.15) is 0 Å². The summed E-state index contributed by atoms with van der Waals surface area (Å²) in [4.78, 5) is 20.7. The molecule has 1 aromatic carbocycles. The van der Waals surface area contributed by atoms with Crippen LogP contribution in [0.4, 0.5) is 15.9 Å². The Morgan fingerprint density at radius 3 is 2.58 bits per heavy atom. The number of rotatable bonds is 7. The van der Waals surface area contributed by atoms with Crippen molar-refractivity contribution in [2.75, 3.05) is 19.5 Å². The van der Waals surface area contributed by atoms with Crippen molar-refractivity contribution >= 4 is 39.0 Å². The number of carboxylic acid groups (broad SMARTS) is 1. The Bertz CT molecular complexity index is 1110. The van der Waals surface area contributed by atoms with Gasteiger partial charge in [0.25, 0.3) is 0 Å². The lowest BCUT2D eigenvalue weighted by atomic mass is 10.2.